The second kappa shape index (κ2) is 4.20. The van der Waals surface area contributed by atoms with Crippen LogP contribution in [-0.4, -0.2) is 42.2 Å². The zero-order valence-electron chi connectivity index (χ0n) is 9.05. The first kappa shape index (κ1) is 10.4. The Bertz CT molecular complexity index is 287. The molecule has 5 nitrogen and oxygen atoms in total. The Balaban J connectivity index is 2.11. The average Bonchev–Trinajstić information content (AvgIpc) is 2.20. The fourth-order valence-electron chi connectivity index (χ4n) is 2.07. The van der Waals surface area contributed by atoms with Gasteiger partial charge < -0.3 is 4.74 Å². The first-order chi connectivity index (χ1) is 7.18. The van der Waals surface area contributed by atoms with Gasteiger partial charge in [0.2, 0.25) is 0 Å². The fourth-order valence-corrected chi connectivity index (χ4v) is 2.07. The van der Waals surface area contributed by atoms with E-state index in [0.717, 1.165) is 13.2 Å². The van der Waals surface area contributed by atoms with Crippen molar-refractivity contribution >= 4 is 5.84 Å². The number of amidine groups is 1. The maximum absolute atomic E-state index is 7.30. The standard InChI is InChI=1S/C10H16N4O/c1-7-5-15-6-8(2)14(7)10-4-3-9(11)12-13-10/h3-4,7-8,10-11H,5-6H2,1-2H3. The molecule has 0 aromatic carbocycles. The zero-order chi connectivity index (χ0) is 10.8. The van der Waals surface area contributed by atoms with Crippen molar-refractivity contribution in [2.75, 3.05) is 13.2 Å². The van der Waals surface area contributed by atoms with Crippen molar-refractivity contribution in [3.8, 4) is 0 Å². The summed E-state index contributed by atoms with van der Waals surface area (Å²) < 4.78 is 5.46. The van der Waals surface area contributed by atoms with E-state index < -0.39 is 0 Å². The molecule has 82 valence electrons. The molecule has 0 spiro atoms. The molecule has 1 fully saturated rings. The summed E-state index contributed by atoms with van der Waals surface area (Å²) in [6.45, 7) is 5.72. The molecule has 0 aromatic rings. The van der Waals surface area contributed by atoms with Crippen molar-refractivity contribution in [2.45, 2.75) is 32.1 Å². The average molecular weight is 208 g/mol. The van der Waals surface area contributed by atoms with Gasteiger partial charge in [-0.3, -0.25) is 10.3 Å². The minimum atomic E-state index is -0.0343. The van der Waals surface area contributed by atoms with Crippen LogP contribution < -0.4 is 0 Å². The summed E-state index contributed by atoms with van der Waals surface area (Å²) in [4.78, 5) is 2.27. The molecule has 0 amide bonds. The lowest BCUT2D eigenvalue weighted by molar-refractivity contribution is -0.0491. The minimum Gasteiger partial charge on any atom is -0.378 e. The Morgan fingerprint density at radius 3 is 2.60 bits per heavy atom. The van der Waals surface area contributed by atoms with Crippen LogP contribution in [0.5, 0.6) is 0 Å². The summed E-state index contributed by atoms with van der Waals surface area (Å²) in [6.07, 6.45) is 3.59. The maximum Gasteiger partial charge on any atom is 0.166 e. The van der Waals surface area contributed by atoms with E-state index in [4.69, 9.17) is 10.1 Å². The fraction of sp³-hybridized carbons (Fsp3) is 0.700. The molecule has 2 rings (SSSR count). The Hall–Kier alpha value is -1.07. The van der Waals surface area contributed by atoms with Gasteiger partial charge >= 0.3 is 0 Å². The highest BCUT2D eigenvalue weighted by Crippen LogP contribution is 2.20. The first-order valence-corrected chi connectivity index (χ1v) is 5.21. The molecule has 3 unspecified atom stereocenters. The zero-order valence-corrected chi connectivity index (χ0v) is 9.05. The molecule has 2 heterocycles. The lowest BCUT2D eigenvalue weighted by Gasteiger charge is -2.41. The third-order valence-corrected chi connectivity index (χ3v) is 2.75. The van der Waals surface area contributed by atoms with Crippen LogP contribution in [0.15, 0.2) is 22.4 Å². The topological polar surface area (TPSA) is 61.0 Å². The van der Waals surface area contributed by atoms with Crippen LogP contribution >= 0.6 is 0 Å². The maximum atomic E-state index is 7.30. The highest BCUT2D eigenvalue weighted by molar-refractivity contribution is 5.91. The van der Waals surface area contributed by atoms with Crippen LogP contribution in [0.25, 0.3) is 0 Å². The molecular weight excluding hydrogens is 192 g/mol. The number of rotatable bonds is 1. The molecule has 0 aromatic heterocycles. The predicted molar refractivity (Wildman–Crippen MR) is 57.1 cm³/mol. The molecule has 0 radical (unpaired) electrons. The van der Waals surface area contributed by atoms with Crippen molar-refractivity contribution in [1.29, 1.82) is 5.41 Å². The highest BCUT2D eigenvalue weighted by atomic mass is 16.5. The summed E-state index contributed by atoms with van der Waals surface area (Å²) >= 11 is 0. The first-order valence-electron chi connectivity index (χ1n) is 5.21. The molecular formula is C10H16N4O. The van der Waals surface area contributed by atoms with Crippen LogP contribution in [-0.2, 0) is 4.74 Å². The van der Waals surface area contributed by atoms with E-state index >= 15 is 0 Å². The third kappa shape index (κ3) is 2.13. The van der Waals surface area contributed by atoms with Gasteiger partial charge in [0.15, 0.2) is 5.84 Å². The number of morpholine rings is 1. The number of hydrogen-bond donors (Lipinski definition) is 1. The summed E-state index contributed by atoms with van der Waals surface area (Å²) in [7, 11) is 0. The molecule has 2 aliphatic rings. The van der Waals surface area contributed by atoms with Gasteiger partial charge in [-0.25, -0.2) is 0 Å². The van der Waals surface area contributed by atoms with Gasteiger partial charge in [-0.05, 0) is 26.0 Å². The van der Waals surface area contributed by atoms with E-state index in [1.807, 2.05) is 6.08 Å². The predicted octanol–water partition coefficient (Wildman–Crippen LogP) is 1.42. The number of ether oxygens (including phenoxy) is 1. The Kier molecular flexibility index (Phi) is 2.93. The van der Waals surface area contributed by atoms with Crippen molar-refractivity contribution in [3.05, 3.63) is 12.2 Å². The monoisotopic (exact) mass is 208 g/mol. The number of nitrogens with one attached hydrogen (secondary N) is 1. The molecule has 1 N–H and O–H groups in total. The number of hydrogen-bond acceptors (Lipinski definition) is 4. The van der Waals surface area contributed by atoms with Gasteiger partial charge in [0.1, 0.15) is 6.17 Å². The molecule has 5 heteroatoms. The summed E-state index contributed by atoms with van der Waals surface area (Å²) in [6, 6.07) is 0.685. The van der Waals surface area contributed by atoms with Gasteiger partial charge in [-0.2, -0.15) is 5.11 Å². The SMILES string of the molecule is CC1COCC(C)N1C1C=CC(=N)N=N1. The van der Waals surface area contributed by atoms with Crippen LogP contribution in [0.4, 0.5) is 0 Å². The largest absolute Gasteiger partial charge is 0.378 e. The lowest BCUT2D eigenvalue weighted by Crippen LogP contribution is -2.53. The van der Waals surface area contributed by atoms with Crippen molar-refractivity contribution < 1.29 is 4.74 Å². The van der Waals surface area contributed by atoms with E-state index in [9.17, 15) is 0 Å². The normalized spacial score (nSPS) is 37.2. The van der Waals surface area contributed by atoms with Gasteiger partial charge in [0.25, 0.3) is 0 Å². The Morgan fingerprint density at radius 1 is 1.40 bits per heavy atom. The van der Waals surface area contributed by atoms with E-state index in [1.165, 1.54) is 0 Å². The molecule has 2 aliphatic heterocycles. The molecule has 0 saturated carbocycles. The summed E-state index contributed by atoms with van der Waals surface area (Å²) in [5.41, 5.74) is 0. The lowest BCUT2D eigenvalue weighted by atomic mass is 10.1. The van der Waals surface area contributed by atoms with Crippen LogP contribution in [0.1, 0.15) is 13.8 Å². The quantitative estimate of drug-likeness (QED) is 0.708. The second-order valence-electron chi connectivity index (χ2n) is 4.06. The number of nitrogens with zero attached hydrogens (tertiary/aromatic N) is 3. The summed E-state index contributed by atoms with van der Waals surface area (Å²) in [5.74, 6) is 0.222. The van der Waals surface area contributed by atoms with Crippen molar-refractivity contribution in [2.24, 2.45) is 10.2 Å². The molecule has 3 atom stereocenters. The highest BCUT2D eigenvalue weighted by Gasteiger charge is 2.31. The molecule has 0 aliphatic carbocycles. The van der Waals surface area contributed by atoms with Gasteiger partial charge in [-0.1, -0.05) is 0 Å². The molecule has 15 heavy (non-hydrogen) atoms. The number of azo groups is 1. The molecule has 0 bridgehead atoms. The van der Waals surface area contributed by atoms with E-state index in [-0.39, 0.29) is 12.0 Å². The third-order valence-electron chi connectivity index (χ3n) is 2.75. The van der Waals surface area contributed by atoms with E-state index in [2.05, 4.69) is 29.0 Å². The minimum absolute atomic E-state index is 0.0343. The van der Waals surface area contributed by atoms with Crippen LogP contribution in [0.3, 0.4) is 0 Å². The second-order valence-corrected chi connectivity index (χ2v) is 4.06. The Morgan fingerprint density at radius 2 is 2.07 bits per heavy atom. The molecule has 1 saturated heterocycles. The summed E-state index contributed by atoms with van der Waals surface area (Å²) in [5, 5.41) is 15.2. The van der Waals surface area contributed by atoms with E-state index in [1.54, 1.807) is 6.08 Å². The smallest absolute Gasteiger partial charge is 0.166 e. The van der Waals surface area contributed by atoms with Crippen LogP contribution in [0.2, 0.25) is 0 Å². The van der Waals surface area contributed by atoms with Crippen molar-refractivity contribution in [1.82, 2.24) is 4.90 Å². The van der Waals surface area contributed by atoms with Gasteiger partial charge in [0.05, 0.1) is 13.2 Å². The van der Waals surface area contributed by atoms with Gasteiger partial charge in [-0.15, -0.1) is 5.11 Å². The van der Waals surface area contributed by atoms with Crippen LogP contribution in [0, 0.1) is 5.41 Å². The van der Waals surface area contributed by atoms with Crippen molar-refractivity contribution in [3.63, 3.8) is 0 Å². The van der Waals surface area contributed by atoms with Gasteiger partial charge in [0, 0.05) is 12.1 Å². The Labute approximate surface area is 89.3 Å². The van der Waals surface area contributed by atoms with E-state index in [0.29, 0.717) is 12.1 Å².